The molecule has 2 saturated heterocycles. The van der Waals surface area contributed by atoms with Crippen molar-refractivity contribution in [1.29, 1.82) is 0 Å². The van der Waals surface area contributed by atoms with Gasteiger partial charge in [-0.05, 0) is 74.2 Å². The second-order valence-electron chi connectivity index (χ2n) is 14.6. The average molecular weight is 699 g/mol. The molecule has 2 N–H and O–H groups in total. The van der Waals surface area contributed by atoms with Crippen molar-refractivity contribution in [2.75, 3.05) is 78.7 Å². The van der Waals surface area contributed by atoms with Crippen molar-refractivity contribution in [3.8, 4) is 11.5 Å². The molecule has 2 heterocycles. The van der Waals surface area contributed by atoms with Gasteiger partial charge in [0.25, 0.3) is 0 Å². The molecular formula is C38H58N4O6S. The van der Waals surface area contributed by atoms with Crippen molar-refractivity contribution in [3.63, 3.8) is 0 Å². The van der Waals surface area contributed by atoms with E-state index in [1.807, 2.05) is 0 Å². The lowest BCUT2D eigenvalue weighted by molar-refractivity contribution is 0.0311. The lowest BCUT2D eigenvalue weighted by Gasteiger charge is -2.41. The van der Waals surface area contributed by atoms with Gasteiger partial charge in [-0.2, -0.15) is 0 Å². The fourth-order valence-electron chi connectivity index (χ4n) is 8.17. The van der Waals surface area contributed by atoms with Crippen molar-refractivity contribution in [2.45, 2.75) is 98.3 Å². The largest absolute Gasteiger partial charge is 0.491 e. The summed E-state index contributed by atoms with van der Waals surface area (Å²) in [6.45, 7) is 9.56. The molecule has 6 rings (SSSR count). The van der Waals surface area contributed by atoms with E-state index in [4.69, 9.17) is 9.47 Å². The van der Waals surface area contributed by atoms with Crippen LogP contribution in [0.4, 0.5) is 0 Å². The van der Waals surface area contributed by atoms with E-state index in [1.54, 1.807) is 24.3 Å². The minimum Gasteiger partial charge on any atom is -0.491 e. The molecule has 4 fully saturated rings. The first-order valence-corrected chi connectivity index (χ1v) is 20.3. The molecule has 0 spiro atoms. The van der Waals surface area contributed by atoms with Crippen LogP contribution in [0.25, 0.3) is 0 Å². The van der Waals surface area contributed by atoms with Gasteiger partial charge in [-0.1, -0.05) is 38.5 Å². The molecule has 4 aliphatic rings. The summed E-state index contributed by atoms with van der Waals surface area (Å²) in [5.74, 6) is 1.04. The number of hydrogen-bond donors (Lipinski definition) is 2. The van der Waals surface area contributed by atoms with Crippen molar-refractivity contribution >= 4 is 9.84 Å². The van der Waals surface area contributed by atoms with Gasteiger partial charge in [0.1, 0.15) is 36.9 Å². The van der Waals surface area contributed by atoms with Gasteiger partial charge in [0.15, 0.2) is 0 Å². The monoisotopic (exact) mass is 698 g/mol. The molecule has 2 aliphatic heterocycles. The molecule has 272 valence electrons. The second kappa shape index (κ2) is 17.8. The zero-order valence-corrected chi connectivity index (χ0v) is 30.0. The molecule has 0 aromatic heterocycles. The number of β-amino-alcohol motifs (C(OH)–C–C–N with tert-alkyl or cyclic N) is 2. The lowest BCUT2D eigenvalue weighted by Crippen LogP contribution is -2.52. The smallest absolute Gasteiger partial charge is 0.206 e. The number of aliphatic hydroxyl groups is 2. The van der Waals surface area contributed by atoms with E-state index in [0.717, 1.165) is 64.4 Å². The Bertz CT molecular complexity index is 1270. The zero-order valence-electron chi connectivity index (χ0n) is 29.2. The molecule has 0 unspecified atom stereocenters. The minimum atomic E-state index is -3.73. The lowest BCUT2D eigenvalue weighted by atomic mass is 9.94. The van der Waals surface area contributed by atoms with Gasteiger partial charge in [0, 0.05) is 77.5 Å². The molecule has 49 heavy (non-hydrogen) atoms. The predicted molar refractivity (Wildman–Crippen MR) is 191 cm³/mol. The maximum atomic E-state index is 13.3. The normalized spacial score (nSPS) is 22.9. The average Bonchev–Trinajstić information content (AvgIpc) is 3.15. The standard InChI is InChI=1S/C38H58N4O6S/c43-33(27-39-19-23-41(24-20-39)31-7-3-1-4-8-31)29-47-35-11-15-37(16-12-35)49(45,46)38-17-13-36(14-18-38)48-30-34(44)28-40-21-25-42(26-22-40)32-9-5-2-6-10-32/h11-18,31-34,43-44H,1-10,19-30H2/t33-,34-/m0/s1. The molecule has 0 bridgehead atoms. The summed E-state index contributed by atoms with van der Waals surface area (Å²) >= 11 is 0. The predicted octanol–water partition coefficient (Wildman–Crippen LogP) is 3.90. The van der Waals surface area contributed by atoms with E-state index >= 15 is 0 Å². The highest BCUT2D eigenvalue weighted by molar-refractivity contribution is 7.91. The molecule has 2 atom stereocenters. The van der Waals surface area contributed by atoms with E-state index in [2.05, 4.69) is 19.6 Å². The molecule has 10 nitrogen and oxygen atoms in total. The quantitative estimate of drug-likeness (QED) is 0.302. The van der Waals surface area contributed by atoms with E-state index in [-0.39, 0.29) is 23.0 Å². The Hall–Kier alpha value is -2.25. The van der Waals surface area contributed by atoms with Crippen LogP contribution in [0.5, 0.6) is 11.5 Å². The fourth-order valence-corrected chi connectivity index (χ4v) is 9.43. The minimum absolute atomic E-state index is 0.155. The third kappa shape index (κ3) is 10.4. The van der Waals surface area contributed by atoms with Crippen molar-refractivity contribution < 1.29 is 28.1 Å². The SMILES string of the molecule is O=S(=O)(c1ccc(OC[C@@H](O)CN2CCN(C3CCCCC3)CC2)cc1)c1ccc(OC[C@@H](O)CN2CCN(C3CCCCC3)CC2)cc1. The van der Waals surface area contributed by atoms with Gasteiger partial charge >= 0.3 is 0 Å². The number of rotatable bonds is 14. The highest BCUT2D eigenvalue weighted by Crippen LogP contribution is 2.27. The molecule has 2 aromatic rings. The number of piperazine rings is 2. The van der Waals surface area contributed by atoms with E-state index < -0.39 is 22.0 Å². The van der Waals surface area contributed by atoms with Gasteiger partial charge in [-0.15, -0.1) is 0 Å². The number of sulfone groups is 1. The highest BCUT2D eigenvalue weighted by Gasteiger charge is 2.27. The van der Waals surface area contributed by atoms with Gasteiger partial charge in [-0.25, -0.2) is 8.42 Å². The Morgan fingerprint density at radius 2 is 0.898 bits per heavy atom. The van der Waals surface area contributed by atoms with Crippen LogP contribution in [0.1, 0.15) is 64.2 Å². The summed E-state index contributed by atoms with van der Waals surface area (Å²) in [6.07, 6.45) is 12.2. The summed E-state index contributed by atoms with van der Waals surface area (Å²) in [4.78, 5) is 10.2. The van der Waals surface area contributed by atoms with Gasteiger partial charge in [0.05, 0.1) is 9.79 Å². The van der Waals surface area contributed by atoms with E-state index in [1.165, 1.54) is 88.5 Å². The van der Waals surface area contributed by atoms with E-state index in [9.17, 15) is 18.6 Å². The van der Waals surface area contributed by atoms with E-state index in [0.29, 0.717) is 24.6 Å². The third-order valence-corrected chi connectivity index (χ3v) is 12.9. The van der Waals surface area contributed by atoms with Crippen molar-refractivity contribution in [2.24, 2.45) is 0 Å². The fraction of sp³-hybridized carbons (Fsp3) is 0.684. The molecular weight excluding hydrogens is 641 g/mol. The zero-order chi connectivity index (χ0) is 34.1. The Morgan fingerprint density at radius 3 is 1.24 bits per heavy atom. The molecule has 2 saturated carbocycles. The van der Waals surface area contributed by atoms with Crippen LogP contribution in [0.2, 0.25) is 0 Å². The van der Waals surface area contributed by atoms with Gasteiger partial charge < -0.3 is 19.7 Å². The Kier molecular flexibility index (Phi) is 13.3. The first kappa shape index (κ1) is 36.5. The van der Waals surface area contributed by atoms with Crippen LogP contribution in [0.15, 0.2) is 58.3 Å². The molecule has 2 aliphatic carbocycles. The summed E-state index contributed by atoms with van der Waals surface area (Å²) in [6, 6.07) is 14.2. The second-order valence-corrected chi connectivity index (χ2v) is 16.6. The topological polar surface area (TPSA) is 106 Å². The number of nitrogens with zero attached hydrogens (tertiary/aromatic N) is 4. The first-order chi connectivity index (χ1) is 23.8. The summed E-state index contributed by atoms with van der Waals surface area (Å²) in [5, 5.41) is 21.2. The van der Waals surface area contributed by atoms with Crippen LogP contribution in [0.3, 0.4) is 0 Å². The van der Waals surface area contributed by atoms with Crippen LogP contribution < -0.4 is 9.47 Å². The number of hydrogen-bond acceptors (Lipinski definition) is 10. The number of ether oxygens (including phenoxy) is 2. The maximum absolute atomic E-state index is 13.3. The van der Waals surface area contributed by atoms with Gasteiger partial charge in [-0.3, -0.25) is 19.6 Å². The summed E-state index contributed by atoms with van der Waals surface area (Å²) in [5.41, 5.74) is 0. The Balaban J connectivity index is 0.891. The summed E-state index contributed by atoms with van der Waals surface area (Å²) < 4.78 is 38.2. The van der Waals surface area contributed by atoms with Gasteiger partial charge in [0.2, 0.25) is 9.84 Å². The number of aliphatic hydroxyl groups excluding tert-OH is 2. The molecule has 0 amide bonds. The summed E-state index contributed by atoms with van der Waals surface area (Å²) in [7, 11) is -3.73. The van der Waals surface area contributed by atoms with Crippen LogP contribution in [-0.2, 0) is 9.84 Å². The van der Waals surface area contributed by atoms with Crippen LogP contribution >= 0.6 is 0 Å². The number of benzene rings is 2. The molecule has 2 aromatic carbocycles. The Morgan fingerprint density at radius 1 is 0.551 bits per heavy atom. The molecule has 0 radical (unpaired) electrons. The van der Waals surface area contributed by atoms with Crippen LogP contribution in [0, 0.1) is 0 Å². The molecule has 11 heteroatoms. The Labute approximate surface area is 293 Å². The third-order valence-electron chi connectivity index (χ3n) is 11.1. The first-order valence-electron chi connectivity index (χ1n) is 18.8. The van der Waals surface area contributed by atoms with Crippen LogP contribution in [-0.4, -0.2) is 141 Å². The van der Waals surface area contributed by atoms with Crippen molar-refractivity contribution in [1.82, 2.24) is 19.6 Å². The highest BCUT2D eigenvalue weighted by atomic mass is 32.2. The van der Waals surface area contributed by atoms with Crippen molar-refractivity contribution in [3.05, 3.63) is 48.5 Å². The maximum Gasteiger partial charge on any atom is 0.206 e.